The Kier molecular flexibility index (Phi) is 4.29. The molecule has 2 aromatic rings. The molecule has 1 aliphatic rings. The summed E-state index contributed by atoms with van der Waals surface area (Å²) in [5.41, 5.74) is 1.78. The van der Waals surface area contributed by atoms with E-state index in [9.17, 15) is 0 Å². The van der Waals surface area contributed by atoms with Gasteiger partial charge in [0.2, 0.25) is 5.95 Å². The van der Waals surface area contributed by atoms with Crippen molar-refractivity contribution in [3.8, 4) is 0 Å². The molecule has 0 radical (unpaired) electrons. The SMILES string of the molecule is CC(C)CNCC1CCCN1c1nnc2ccccc2n1. The topological polar surface area (TPSA) is 53.9 Å². The van der Waals surface area contributed by atoms with Gasteiger partial charge in [0.05, 0.1) is 5.52 Å². The van der Waals surface area contributed by atoms with Crippen molar-refractivity contribution < 1.29 is 0 Å². The Labute approximate surface area is 125 Å². The third kappa shape index (κ3) is 3.29. The molecule has 1 aromatic heterocycles. The Morgan fingerprint density at radius 3 is 2.86 bits per heavy atom. The number of aromatic nitrogens is 3. The quantitative estimate of drug-likeness (QED) is 0.913. The fraction of sp³-hybridized carbons (Fsp3) is 0.562. The van der Waals surface area contributed by atoms with Gasteiger partial charge < -0.3 is 10.2 Å². The van der Waals surface area contributed by atoms with Gasteiger partial charge in [-0.3, -0.25) is 0 Å². The monoisotopic (exact) mass is 285 g/mol. The van der Waals surface area contributed by atoms with Crippen LogP contribution >= 0.6 is 0 Å². The lowest BCUT2D eigenvalue weighted by Gasteiger charge is -2.25. The molecule has 1 aliphatic heterocycles. The Balaban J connectivity index is 1.73. The molecule has 0 amide bonds. The zero-order chi connectivity index (χ0) is 14.7. The molecule has 0 saturated carbocycles. The smallest absolute Gasteiger partial charge is 0.246 e. The van der Waals surface area contributed by atoms with Gasteiger partial charge in [-0.15, -0.1) is 10.2 Å². The van der Waals surface area contributed by atoms with Crippen molar-refractivity contribution >= 4 is 17.0 Å². The Morgan fingerprint density at radius 2 is 2.05 bits per heavy atom. The minimum absolute atomic E-state index is 0.478. The van der Waals surface area contributed by atoms with Crippen LogP contribution in [0.5, 0.6) is 0 Å². The molecule has 2 heterocycles. The summed E-state index contributed by atoms with van der Waals surface area (Å²) >= 11 is 0. The van der Waals surface area contributed by atoms with Crippen molar-refractivity contribution in [3.05, 3.63) is 24.3 Å². The number of anilines is 1. The Hall–Kier alpha value is -1.75. The van der Waals surface area contributed by atoms with Crippen LogP contribution in [0.15, 0.2) is 24.3 Å². The van der Waals surface area contributed by atoms with E-state index in [0.29, 0.717) is 12.0 Å². The van der Waals surface area contributed by atoms with Crippen LogP contribution in [0.4, 0.5) is 5.95 Å². The maximum Gasteiger partial charge on any atom is 0.246 e. The van der Waals surface area contributed by atoms with Crippen LogP contribution in [0.3, 0.4) is 0 Å². The first-order chi connectivity index (χ1) is 10.2. The number of fused-ring (bicyclic) bond motifs is 1. The van der Waals surface area contributed by atoms with Crippen molar-refractivity contribution in [2.45, 2.75) is 32.7 Å². The molecule has 0 aliphatic carbocycles. The highest BCUT2D eigenvalue weighted by Gasteiger charge is 2.26. The minimum Gasteiger partial charge on any atom is -0.335 e. The number of nitrogens with zero attached hydrogens (tertiary/aromatic N) is 4. The second kappa shape index (κ2) is 6.35. The lowest BCUT2D eigenvalue weighted by molar-refractivity contribution is 0.509. The van der Waals surface area contributed by atoms with E-state index in [0.717, 1.165) is 36.6 Å². The van der Waals surface area contributed by atoms with E-state index in [1.54, 1.807) is 0 Å². The van der Waals surface area contributed by atoms with E-state index < -0.39 is 0 Å². The summed E-state index contributed by atoms with van der Waals surface area (Å²) in [6, 6.07) is 8.38. The number of nitrogens with one attached hydrogen (secondary N) is 1. The zero-order valence-corrected chi connectivity index (χ0v) is 12.8. The lowest BCUT2D eigenvalue weighted by Crippen LogP contribution is -2.40. The van der Waals surface area contributed by atoms with E-state index in [1.807, 2.05) is 24.3 Å². The normalized spacial score (nSPS) is 18.8. The van der Waals surface area contributed by atoms with Crippen LogP contribution in [0.25, 0.3) is 11.0 Å². The molecule has 1 unspecified atom stereocenters. The van der Waals surface area contributed by atoms with Gasteiger partial charge in [0.25, 0.3) is 0 Å². The Morgan fingerprint density at radius 1 is 1.24 bits per heavy atom. The average Bonchev–Trinajstić information content (AvgIpc) is 2.95. The summed E-state index contributed by atoms with van der Waals surface area (Å²) in [6.07, 6.45) is 2.39. The third-order valence-electron chi connectivity index (χ3n) is 3.92. The molecule has 0 spiro atoms. The standard InChI is InChI=1S/C16H23N5/c1-12(2)10-17-11-13-6-5-9-21(13)16-18-14-7-3-4-8-15(14)19-20-16/h3-4,7-8,12-13,17H,5-6,9-11H2,1-2H3. The molecule has 1 saturated heterocycles. The van der Waals surface area contributed by atoms with E-state index in [-0.39, 0.29) is 0 Å². The maximum absolute atomic E-state index is 4.68. The number of para-hydroxylation sites is 1. The van der Waals surface area contributed by atoms with Gasteiger partial charge in [0.15, 0.2) is 0 Å². The van der Waals surface area contributed by atoms with Crippen molar-refractivity contribution in [2.24, 2.45) is 5.92 Å². The van der Waals surface area contributed by atoms with Gasteiger partial charge in [-0.2, -0.15) is 0 Å². The third-order valence-corrected chi connectivity index (χ3v) is 3.92. The van der Waals surface area contributed by atoms with Crippen molar-refractivity contribution in [1.29, 1.82) is 0 Å². The predicted molar refractivity (Wildman–Crippen MR) is 85.4 cm³/mol. The van der Waals surface area contributed by atoms with Gasteiger partial charge in [-0.25, -0.2) is 4.98 Å². The molecular formula is C16H23N5. The first-order valence-corrected chi connectivity index (χ1v) is 7.81. The van der Waals surface area contributed by atoms with Crippen molar-refractivity contribution in [3.63, 3.8) is 0 Å². The summed E-state index contributed by atoms with van der Waals surface area (Å²) in [5, 5.41) is 12.2. The number of rotatable bonds is 5. The van der Waals surface area contributed by atoms with Crippen LogP contribution in [0, 0.1) is 5.92 Å². The van der Waals surface area contributed by atoms with Crippen LogP contribution in [0.2, 0.25) is 0 Å². The number of hydrogen-bond acceptors (Lipinski definition) is 5. The molecule has 112 valence electrons. The Bertz CT molecular complexity index is 598. The van der Waals surface area contributed by atoms with Gasteiger partial charge in [-0.05, 0) is 37.4 Å². The second-order valence-electron chi connectivity index (χ2n) is 6.14. The molecule has 1 atom stereocenters. The van der Waals surface area contributed by atoms with Crippen LogP contribution in [0.1, 0.15) is 26.7 Å². The highest BCUT2D eigenvalue weighted by atomic mass is 15.3. The molecule has 21 heavy (non-hydrogen) atoms. The van der Waals surface area contributed by atoms with Gasteiger partial charge in [-0.1, -0.05) is 26.0 Å². The summed E-state index contributed by atoms with van der Waals surface area (Å²) in [4.78, 5) is 6.97. The first-order valence-electron chi connectivity index (χ1n) is 7.81. The van der Waals surface area contributed by atoms with Gasteiger partial charge in [0, 0.05) is 19.1 Å². The fourth-order valence-electron chi connectivity index (χ4n) is 2.84. The number of hydrogen-bond donors (Lipinski definition) is 1. The first kappa shape index (κ1) is 14.2. The molecule has 5 nitrogen and oxygen atoms in total. The van der Waals surface area contributed by atoms with Crippen LogP contribution < -0.4 is 10.2 Å². The van der Waals surface area contributed by atoms with E-state index in [1.165, 1.54) is 12.8 Å². The van der Waals surface area contributed by atoms with E-state index >= 15 is 0 Å². The van der Waals surface area contributed by atoms with Crippen molar-refractivity contribution in [2.75, 3.05) is 24.5 Å². The summed E-state index contributed by atoms with van der Waals surface area (Å²) in [7, 11) is 0. The average molecular weight is 285 g/mol. The highest BCUT2D eigenvalue weighted by Crippen LogP contribution is 2.22. The fourth-order valence-corrected chi connectivity index (χ4v) is 2.84. The van der Waals surface area contributed by atoms with Gasteiger partial charge >= 0.3 is 0 Å². The molecule has 5 heteroatoms. The largest absolute Gasteiger partial charge is 0.335 e. The van der Waals surface area contributed by atoms with Crippen LogP contribution in [-0.4, -0.2) is 40.9 Å². The van der Waals surface area contributed by atoms with Crippen LogP contribution in [-0.2, 0) is 0 Å². The molecule has 0 bridgehead atoms. The molecular weight excluding hydrogens is 262 g/mol. The summed E-state index contributed by atoms with van der Waals surface area (Å²) < 4.78 is 0. The van der Waals surface area contributed by atoms with E-state index in [4.69, 9.17) is 0 Å². The molecule has 1 N–H and O–H groups in total. The predicted octanol–water partition coefficient (Wildman–Crippen LogP) is 2.24. The second-order valence-corrected chi connectivity index (χ2v) is 6.14. The molecule has 3 rings (SSSR count). The van der Waals surface area contributed by atoms with Crippen molar-refractivity contribution in [1.82, 2.24) is 20.5 Å². The summed E-state index contributed by atoms with van der Waals surface area (Å²) in [6.45, 7) is 7.54. The lowest BCUT2D eigenvalue weighted by atomic mass is 10.2. The minimum atomic E-state index is 0.478. The number of benzene rings is 1. The molecule has 1 aromatic carbocycles. The maximum atomic E-state index is 4.68. The summed E-state index contributed by atoms with van der Waals surface area (Å²) in [5.74, 6) is 1.45. The van der Waals surface area contributed by atoms with Gasteiger partial charge in [0.1, 0.15) is 5.52 Å². The molecule has 1 fully saturated rings. The zero-order valence-electron chi connectivity index (χ0n) is 12.8. The highest BCUT2D eigenvalue weighted by molar-refractivity contribution is 5.74. The van der Waals surface area contributed by atoms with E-state index in [2.05, 4.69) is 39.2 Å².